The molecule has 1 unspecified atom stereocenters. The van der Waals surface area contributed by atoms with Crippen molar-refractivity contribution in [3.05, 3.63) is 0 Å². The van der Waals surface area contributed by atoms with Crippen molar-refractivity contribution in [2.45, 2.75) is 64.5 Å². The normalized spacial score (nSPS) is 22.6. The van der Waals surface area contributed by atoms with Crippen molar-refractivity contribution in [1.82, 2.24) is 10.2 Å². The Labute approximate surface area is 95.4 Å². The fourth-order valence-electron chi connectivity index (χ4n) is 2.70. The van der Waals surface area contributed by atoms with Crippen LogP contribution in [-0.4, -0.2) is 37.1 Å². The molecule has 1 N–H and O–H groups in total. The summed E-state index contributed by atoms with van der Waals surface area (Å²) in [7, 11) is 2.33. The van der Waals surface area contributed by atoms with Crippen LogP contribution in [0.4, 0.5) is 0 Å². The van der Waals surface area contributed by atoms with Crippen LogP contribution in [0.3, 0.4) is 0 Å². The number of hydrogen-bond donors (Lipinski definition) is 1. The Morgan fingerprint density at radius 2 is 1.93 bits per heavy atom. The van der Waals surface area contributed by atoms with Gasteiger partial charge in [0.05, 0.1) is 0 Å². The molecule has 0 aromatic rings. The molecule has 0 aromatic carbocycles. The summed E-state index contributed by atoms with van der Waals surface area (Å²) >= 11 is 0. The summed E-state index contributed by atoms with van der Waals surface area (Å²) in [5.74, 6) is 0. The zero-order valence-corrected chi connectivity index (χ0v) is 10.8. The minimum absolute atomic E-state index is 0.779. The number of likely N-dealkylation sites (N-methyl/N-ethyl adjacent to an activating group) is 1. The molecule has 15 heavy (non-hydrogen) atoms. The summed E-state index contributed by atoms with van der Waals surface area (Å²) in [6, 6.07) is 1.59. The molecule has 0 aliphatic carbocycles. The predicted octanol–water partition coefficient (Wildman–Crippen LogP) is 2.64. The lowest BCUT2D eigenvalue weighted by molar-refractivity contribution is 0.131. The van der Waals surface area contributed by atoms with E-state index in [1.807, 2.05) is 0 Å². The molecular weight excluding hydrogens is 184 g/mol. The van der Waals surface area contributed by atoms with Gasteiger partial charge in [-0.15, -0.1) is 0 Å². The predicted molar refractivity (Wildman–Crippen MR) is 67.3 cm³/mol. The van der Waals surface area contributed by atoms with Crippen LogP contribution in [0.2, 0.25) is 0 Å². The summed E-state index contributed by atoms with van der Waals surface area (Å²) in [4.78, 5) is 2.64. The fourth-order valence-corrected chi connectivity index (χ4v) is 2.70. The van der Waals surface area contributed by atoms with Crippen LogP contribution in [-0.2, 0) is 0 Å². The summed E-state index contributed by atoms with van der Waals surface area (Å²) in [6.07, 6.45) is 8.08. The summed E-state index contributed by atoms with van der Waals surface area (Å²) in [5, 5.41) is 3.51. The standard InChI is InChI=1S/C13H28N2/c1-4-7-12(8-5-2)15(3)13-9-6-10-14-11-13/h12-14H,4-11H2,1-3H3. The van der Waals surface area contributed by atoms with Crippen LogP contribution in [0.15, 0.2) is 0 Å². The van der Waals surface area contributed by atoms with E-state index in [9.17, 15) is 0 Å². The second-order valence-corrected chi connectivity index (χ2v) is 4.90. The number of nitrogens with one attached hydrogen (secondary N) is 1. The highest BCUT2D eigenvalue weighted by Crippen LogP contribution is 2.18. The maximum absolute atomic E-state index is 3.51. The maximum Gasteiger partial charge on any atom is 0.0220 e. The van der Waals surface area contributed by atoms with E-state index in [2.05, 4.69) is 31.1 Å². The van der Waals surface area contributed by atoms with Gasteiger partial charge in [-0.25, -0.2) is 0 Å². The highest BCUT2D eigenvalue weighted by Gasteiger charge is 2.22. The third kappa shape index (κ3) is 4.12. The number of hydrogen-bond acceptors (Lipinski definition) is 2. The quantitative estimate of drug-likeness (QED) is 0.728. The molecule has 1 fully saturated rings. The van der Waals surface area contributed by atoms with Crippen molar-refractivity contribution >= 4 is 0 Å². The molecule has 0 bridgehead atoms. The Bertz CT molecular complexity index is 147. The molecule has 0 spiro atoms. The Hall–Kier alpha value is -0.0800. The molecular formula is C13H28N2. The van der Waals surface area contributed by atoms with Crippen LogP contribution in [0.1, 0.15) is 52.4 Å². The van der Waals surface area contributed by atoms with Gasteiger partial charge in [0.15, 0.2) is 0 Å². The Morgan fingerprint density at radius 1 is 1.27 bits per heavy atom. The van der Waals surface area contributed by atoms with Crippen molar-refractivity contribution in [3.8, 4) is 0 Å². The molecule has 1 heterocycles. The largest absolute Gasteiger partial charge is 0.315 e. The Morgan fingerprint density at radius 3 is 2.40 bits per heavy atom. The number of rotatable bonds is 6. The van der Waals surface area contributed by atoms with E-state index in [-0.39, 0.29) is 0 Å². The monoisotopic (exact) mass is 212 g/mol. The third-order valence-electron chi connectivity index (χ3n) is 3.67. The van der Waals surface area contributed by atoms with Gasteiger partial charge in [0.2, 0.25) is 0 Å². The molecule has 1 aliphatic heterocycles. The lowest BCUT2D eigenvalue weighted by atomic mass is 9.99. The highest BCUT2D eigenvalue weighted by molar-refractivity contribution is 4.81. The zero-order valence-electron chi connectivity index (χ0n) is 10.8. The van der Waals surface area contributed by atoms with Crippen molar-refractivity contribution in [1.29, 1.82) is 0 Å². The van der Waals surface area contributed by atoms with Crippen molar-refractivity contribution in [2.75, 3.05) is 20.1 Å². The molecule has 0 amide bonds. The molecule has 0 aromatic heterocycles. The van der Waals surface area contributed by atoms with Crippen LogP contribution in [0, 0.1) is 0 Å². The number of piperidine rings is 1. The second-order valence-electron chi connectivity index (χ2n) is 4.90. The van der Waals surface area contributed by atoms with Gasteiger partial charge in [0.1, 0.15) is 0 Å². The van der Waals surface area contributed by atoms with Gasteiger partial charge in [0.25, 0.3) is 0 Å². The zero-order chi connectivity index (χ0) is 11.1. The number of nitrogens with zero attached hydrogens (tertiary/aromatic N) is 1. The van der Waals surface area contributed by atoms with Gasteiger partial charge in [-0.05, 0) is 39.3 Å². The van der Waals surface area contributed by atoms with Gasteiger partial charge in [-0.2, -0.15) is 0 Å². The maximum atomic E-state index is 3.51. The van der Waals surface area contributed by atoms with Crippen LogP contribution < -0.4 is 5.32 Å². The van der Waals surface area contributed by atoms with Gasteiger partial charge in [0, 0.05) is 18.6 Å². The molecule has 1 saturated heterocycles. The molecule has 90 valence electrons. The fraction of sp³-hybridized carbons (Fsp3) is 1.00. The molecule has 1 aliphatic rings. The van der Waals surface area contributed by atoms with Crippen LogP contribution in [0.25, 0.3) is 0 Å². The third-order valence-corrected chi connectivity index (χ3v) is 3.67. The van der Waals surface area contributed by atoms with E-state index in [4.69, 9.17) is 0 Å². The Kier molecular flexibility index (Phi) is 6.26. The second kappa shape index (κ2) is 7.24. The highest BCUT2D eigenvalue weighted by atomic mass is 15.2. The average molecular weight is 212 g/mol. The minimum atomic E-state index is 0.779. The Balaban J connectivity index is 2.41. The minimum Gasteiger partial charge on any atom is -0.315 e. The van der Waals surface area contributed by atoms with Gasteiger partial charge >= 0.3 is 0 Å². The van der Waals surface area contributed by atoms with E-state index < -0.39 is 0 Å². The van der Waals surface area contributed by atoms with Crippen molar-refractivity contribution in [2.24, 2.45) is 0 Å². The lowest BCUT2D eigenvalue weighted by Gasteiger charge is -2.37. The van der Waals surface area contributed by atoms with Crippen LogP contribution >= 0.6 is 0 Å². The van der Waals surface area contributed by atoms with E-state index in [0.29, 0.717) is 0 Å². The molecule has 0 saturated carbocycles. The molecule has 1 atom stereocenters. The first-order chi connectivity index (χ1) is 7.29. The topological polar surface area (TPSA) is 15.3 Å². The first-order valence-corrected chi connectivity index (χ1v) is 6.72. The molecule has 1 rings (SSSR count). The van der Waals surface area contributed by atoms with E-state index in [1.54, 1.807) is 0 Å². The first kappa shape index (κ1) is 13.0. The van der Waals surface area contributed by atoms with E-state index >= 15 is 0 Å². The van der Waals surface area contributed by atoms with E-state index in [1.165, 1.54) is 51.6 Å². The summed E-state index contributed by atoms with van der Waals surface area (Å²) < 4.78 is 0. The van der Waals surface area contributed by atoms with Crippen molar-refractivity contribution < 1.29 is 0 Å². The van der Waals surface area contributed by atoms with Gasteiger partial charge in [-0.3, -0.25) is 4.90 Å². The van der Waals surface area contributed by atoms with Crippen LogP contribution in [0.5, 0.6) is 0 Å². The van der Waals surface area contributed by atoms with Crippen molar-refractivity contribution in [3.63, 3.8) is 0 Å². The average Bonchev–Trinajstić information content (AvgIpc) is 2.29. The summed E-state index contributed by atoms with van der Waals surface area (Å²) in [6.45, 7) is 7.02. The molecule has 2 nitrogen and oxygen atoms in total. The van der Waals surface area contributed by atoms with E-state index in [0.717, 1.165) is 12.1 Å². The smallest absolute Gasteiger partial charge is 0.0220 e. The molecule has 2 heteroatoms. The SMILES string of the molecule is CCCC(CCC)N(C)C1CCCNC1. The molecule has 0 radical (unpaired) electrons. The first-order valence-electron chi connectivity index (χ1n) is 6.72. The summed E-state index contributed by atoms with van der Waals surface area (Å²) in [5.41, 5.74) is 0. The lowest BCUT2D eigenvalue weighted by Crippen LogP contribution is -2.48. The van der Waals surface area contributed by atoms with Gasteiger partial charge < -0.3 is 5.32 Å². The van der Waals surface area contributed by atoms with Gasteiger partial charge in [-0.1, -0.05) is 26.7 Å².